The first-order valence-electron chi connectivity index (χ1n) is 5.99. The third-order valence-corrected chi connectivity index (χ3v) is 4.06. The van der Waals surface area contributed by atoms with Gasteiger partial charge in [-0.3, -0.25) is 0 Å². The highest BCUT2D eigenvalue weighted by Gasteiger charge is 2.31. The van der Waals surface area contributed by atoms with E-state index in [9.17, 15) is 0 Å². The summed E-state index contributed by atoms with van der Waals surface area (Å²) in [6.07, 6.45) is 3.71. The van der Waals surface area contributed by atoms with Crippen LogP contribution < -0.4 is 5.73 Å². The lowest BCUT2D eigenvalue weighted by atomic mass is 9.68. The molecule has 0 bridgehead atoms. The molecule has 0 fully saturated rings. The predicted octanol–water partition coefficient (Wildman–Crippen LogP) is 3.82. The maximum Gasteiger partial charge on any atom is -0.00436 e. The third kappa shape index (κ3) is 4.00. The predicted molar refractivity (Wildman–Crippen MR) is 65.3 cm³/mol. The first-order valence-corrected chi connectivity index (χ1v) is 5.99. The summed E-state index contributed by atoms with van der Waals surface area (Å²) in [7, 11) is 0. The molecule has 0 aliphatic rings. The van der Waals surface area contributed by atoms with Crippen molar-refractivity contribution in [1.82, 2.24) is 0 Å². The van der Waals surface area contributed by atoms with Crippen LogP contribution >= 0.6 is 0 Å². The van der Waals surface area contributed by atoms with Crippen molar-refractivity contribution in [3.8, 4) is 0 Å². The lowest BCUT2D eigenvalue weighted by Crippen LogP contribution is -2.34. The Labute approximate surface area is 90.5 Å². The highest BCUT2D eigenvalue weighted by Crippen LogP contribution is 2.39. The summed E-state index contributed by atoms with van der Waals surface area (Å²) < 4.78 is 0. The average molecular weight is 199 g/mol. The summed E-state index contributed by atoms with van der Waals surface area (Å²) in [5.41, 5.74) is 6.73. The Kier molecular flexibility index (Phi) is 5.14. The normalized spacial score (nSPS) is 15.6. The van der Waals surface area contributed by atoms with E-state index in [2.05, 4.69) is 41.5 Å². The van der Waals surface area contributed by atoms with Gasteiger partial charge in [-0.25, -0.2) is 0 Å². The van der Waals surface area contributed by atoms with Gasteiger partial charge in [0.25, 0.3) is 0 Å². The average Bonchev–Trinajstić information content (AvgIpc) is 2.14. The Bertz CT molecular complexity index is 159. The summed E-state index contributed by atoms with van der Waals surface area (Å²) in [5, 5.41) is 0. The van der Waals surface area contributed by atoms with E-state index in [4.69, 9.17) is 5.73 Å². The molecule has 0 aliphatic heterocycles. The Hall–Kier alpha value is -0.0400. The lowest BCUT2D eigenvalue weighted by Gasteiger charge is -2.38. The second-order valence-electron chi connectivity index (χ2n) is 6.00. The first-order chi connectivity index (χ1) is 6.29. The zero-order valence-electron chi connectivity index (χ0n) is 11.0. The summed E-state index contributed by atoms with van der Waals surface area (Å²) >= 11 is 0. The van der Waals surface area contributed by atoms with Crippen molar-refractivity contribution < 1.29 is 0 Å². The first kappa shape index (κ1) is 14.0. The van der Waals surface area contributed by atoms with Gasteiger partial charge in [0.05, 0.1) is 0 Å². The molecular formula is C13H29N. The minimum Gasteiger partial charge on any atom is -0.330 e. The van der Waals surface area contributed by atoms with Gasteiger partial charge in [0.15, 0.2) is 0 Å². The van der Waals surface area contributed by atoms with Gasteiger partial charge < -0.3 is 5.73 Å². The molecule has 0 rings (SSSR count). The molecule has 1 heteroatoms. The van der Waals surface area contributed by atoms with Crippen LogP contribution in [0.25, 0.3) is 0 Å². The highest BCUT2D eigenvalue weighted by molar-refractivity contribution is 4.82. The van der Waals surface area contributed by atoms with E-state index in [1.54, 1.807) is 0 Å². The molecule has 0 aromatic carbocycles. The Morgan fingerprint density at radius 2 is 1.50 bits per heavy atom. The highest BCUT2D eigenvalue weighted by atomic mass is 14.6. The third-order valence-electron chi connectivity index (χ3n) is 4.06. The van der Waals surface area contributed by atoms with Crippen LogP contribution in [0, 0.1) is 16.7 Å². The topological polar surface area (TPSA) is 26.0 Å². The van der Waals surface area contributed by atoms with E-state index < -0.39 is 0 Å². The molecule has 0 saturated heterocycles. The van der Waals surface area contributed by atoms with Gasteiger partial charge in [-0.05, 0) is 29.7 Å². The fourth-order valence-corrected chi connectivity index (χ4v) is 1.78. The summed E-state index contributed by atoms with van der Waals surface area (Å²) in [5.74, 6) is 0.655. The zero-order valence-corrected chi connectivity index (χ0v) is 11.0. The van der Waals surface area contributed by atoms with Gasteiger partial charge in [-0.1, -0.05) is 54.4 Å². The second-order valence-corrected chi connectivity index (χ2v) is 6.00. The van der Waals surface area contributed by atoms with E-state index in [0.29, 0.717) is 16.7 Å². The largest absolute Gasteiger partial charge is 0.330 e. The van der Waals surface area contributed by atoms with Crippen LogP contribution in [0.3, 0.4) is 0 Å². The summed E-state index contributed by atoms with van der Waals surface area (Å²) in [4.78, 5) is 0. The molecule has 1 atom stereocenters. The lowest BCUT2D eigenvalue weighted by molar-refractivity contribution is 0.137. The van der Waals surface area contributed by atoms with Crippen LogP contribution in [0.2, 0.25) is 0 Å². The Morgan fingerprint density at radius 3 is 1.79 bits per heavy atom. The van der Waals surface area contributed by atoms with Crippen molar-refractivity contribution in [1.29, 1.82) is 0 Å². The van der Waals surface area contributed by atoms with Crippen molar-refractivity contribution >= 4 is 0 Å². The SMILES string of the molecule is CCC(C)(C)CC(CN)C(C)(C)CC. The molecule has 0 radical (unpaired) electrons. The van der Waals surface area contributed by atoms with Crippen molar-refractivity contribution in [3.63, 3.8) is 0 Å². The van der Waals surface area contributed by atoms with Gasteiger partial charge >= 0.3 is 0 Å². The van der Waals surface area contributed by atoms with Crippen molar-refractivity contribution in [3.05, 3.63) is 0 Å². The van der Waals surface area contributed by atoms with Crippen LogP contribution in [-0.4, -0.2) is 6.54 Å². The molecule has 14 heavy (non-hydrogen) atoms. The smallest absolute Gasteiger partial charge is 0.00436 e. The van der Waals surface area contributed by atoms with Gasteiger partial charge in [0.2, 0.25) is 0 Å². The number of nitrogens with two attached hydrogens (primary N) is 1. The molecule has 0 aliphatic carbocycles. The number of rotatable bonds is 6. The van der Waals surface area contributed by atoms with Crippen LogP contribution in [-0.2, 0) is 0 Å². The van der Waals surface area contributed by atoms with Gasteiger partial charge in [0, 0.05) is 0 Å². The zero-order chi connectivity index (χ0) is 11.4. The monoisotopic (exact) mass is 199 g/mol. The summed E-state index contributed by atoms with van der Waals surface area (Å²) in [6.45, 7) is 14.7. The molecule has 0 saturated carbocycles. The van der Waals surface area contributed by atoms with E-state index in [-0.39, 0.29) is 0 Å². The van der Waals surface area contributed by atoms with Crippen LogP contribution in [0.5, 0.6) is 0 Å². The van der Waals surface area contributed by atoms with E-state index >= 15 is 0 Å². The summed E-state index contributed by atoms with van der Waals surface area (Å²) in [6, 6.07) is 0. The fourth-order valence-electron chi connectivity index (χ4n) is 1.78. The molecule has 1 nitrogen and oxygen atoms in total. The van der Waals surface area contributed by atoms with E-state index in [1.165, 1.54) is 19.3 Å². The number of hydrogen-bond acceptors (Lipinski definition) is 1. The second kappa shape index (κ2) is 5.16. The minimum atomic E-state index is 0.390. The Balaban J connectivity index is 4.44. The standard InChI is InChI=1S/C13H29N/c1-7-12(3,4)9-11(10-14)13(5,6)8-2/h11H,7-10,14H2,1-6H3. The molecule has 0 aromatic heterocycles. The van der Waals surface area contributed by atoms with Crippen LogP contribution in [0.15, 0.2) is 0 Å². The molecule has 0 spiro atoms. The number of hydrogen-bond donors (Lipinski definition) is 1. The van der Waals surface area contributed by atoms with Crippen LogP contribution in [0.4, 0.5) is 0 Å². The van der Waals surface area contributed by atoms with Crippen molar-refractivity contribution in [2.24, 2.45) is 22.5 Å². The maximum absolute atomic E-state index is 5.90. The molecule has 0 amide bonds. The van der Waals surface area contributed by atoms with Gasteiger partial charge in [0.1, 0.15) is 0 Å². The molecule has 2 N–H and O–H groups in total. The fraction of sp³-hybridized carbons (Fsp3) is 1.00. The van der Waals surface area contributed by atoms with Gasteiger partial charge in [-0.2, -0.15) is 0 Å². The molecule has 1 unspecified atom stereocenters. The quantitative estimate of drug-likeness (QED) is 0.691. The van der Waals surface area contributed by atoms with E-state index in [1.807, 2.05) is 0 Å². The minimum absolute atomic E-state index is 0.390. The maximum atomic E-state index is 5.90. The van der Waals surface area contributed by atoms with Crippen molar-refractivity contribution in [2.75, 3.05) is 6.54 Å². The Morgan fingerprint density at radius 1 is 1.00 bits per heavy atom. The van der Waals surface area contributed by atoms with E-state index in [0.717, 1.165) is 6.54 Å². The molecule has 86 valence electrons. The molecule has 0 aromatic rings. The van der Waals surface area contributed by atoms with Crippen molar-refractivity contribution in [2.45, 2.75) is 60.8 Å². The van der Waals surface area contributed by atoms with Crippen LogP contribution in [0.1, 0.15) is 60.8 Å². The van der Waals surface area contributed by atoms with Gasteiger partial charge in [-0.15, -0.1) is 0 Å². The molecular weight excluding hydrogens is 170 g/mol. The molecule has 0 heterocycles.